The Morgan fingerprint density at radius 1 is 1.77 bits per heavy atom. The maximum absolute atomic E-state index is 11.6. The van der Waals surface area contributed by atoms with Gasteiger partial charge in [-0.3, -0.25) is 9.48 Å². The third-order valence-corrected chi connectivity index (χ3v) is 2.01. The molecule has 1 unspecified atom stereocenters. The molecule has 4 nitrogen and oxygen atoms in total. The molecule has 0 aliphatic rings. The molecule has 0 aliphatic heterocycles. The number of rotatable bonds is 4. The van der Waals surface area contributed by atoms with Crippen LogP contribution in [0.15, 0.2) is 12.3 Å². The summed E-state index contributed by atoms with van der Waals surface area (Å²) in [5, 5.41) is 4.04. The monoisotopic (exact) mass is 181 g/mol. The molecule has 13 heavy (non-hydrogen) atoms. The van der Waals surface area contributed by atoms with E-state index in [0.717, 1.165) is 6.42 Å². The number of hydrogen-bond donors (Lipinski definition) is 1. The minimum absolute atomic E-state index is 0.0279. The van der Waals surface area contributed by atoms with Gasteiger partial charge in [0.1, 0.15) is 5.69 Å². The summed E-state index contributed by atoms with van der Waals surface area (Å²) in [6, 6.07) is 1.73. The zero-order chi connectivity index (χ0) is 9.84. The van der Waals surface area contributed by atoms with E-state index < -0.39 is 0 Å². The SMILES string of the molecule is CC(CCN)C(=O)c1ccn(C)n1. The zero-order valence-electron chi connectivity index (χ0n) is 8.03. The van der Waals surface area contributed by atoms with Crippen LogP contribution in [0.2, 0.25) is 0 Å². The van der Waals surface area contributed by atoms with Crippen molar-refractivity contribution < 1.29 is 4.79 Å². The number of carbonyl (C=O) groups excluding carboxylic acids is 1. The van der Waals surface area contributed by atoms with Gasteiger partial charge in [0.2, 0.25) is 0 Å². The van der Waals surface area contributed by atoms with Gasteiger partial charge in [-0.05, 0) is 19.0 Å². The van der Waals surface area contributed by atoms with Crippen LogP contribution in [-0.4, -0.2) is 22.1 Å². The summed E-state index contributed by atoms with van der Waals surface area (Å²) in [6.45, 7) is 2.42. The fourth-order valence-corrected chi connectivity index (χ4v) is 1.18. The first-order chi connectivity index (χ1) is 6.15. The summed E-state index contributed by atoms with van der Waals surface area (Å²) < 4.78 is 1.63. The van der Waals surface area contributed by atoms with Crippen LogP contribution in [0.4, 0.5) is 0 Å². The Hall–Kier alpha value is -1.16. The molecular formula is C9H15N3O. The van der Waals surface area contributed by atoms with Gasteiger partial charge in [0, 0.05) is 19.2 Å². The van der Waals surface area contributed by atoms with Crippen molar-refractivity contribution in [2.24, 2.45) is 18.7 Å². The van der Waals surface area contributed by atoms with Gasteiger partial charge in [0.05, 0.1) is 0 Å². The number of nitrogens with zero attached hydrogens (tertiary/aromatic N) is 2. The minimum atomic E-state index is -0.0279. The number of Topliss-reactive ketones (excluding diaryl/α,β-unsaturated/α-hetero) is 1. The van der Waals surface area contributed by atoms with Crippen LogP contribution in [-0.2, 0) is 7.05 Å². The smallest absolute Gasteiger partial charge is 0.185 e. The molecule has 0 aliphatic carbocycles. The molecule has 1 aromatic heterocycles. The first-order valence-electron chi connectivity index (χ1n) is 4.39. The molecule has 2 N–H and O–H groups in total. The molecule has 0 amide bonds. The Balaban J connectivity index is 2.67. The third kappa shape index (κ3) is 2.39. The van der Waals surface area contributed by atoms with Gasteiger partial charge in [-0.2, -0.15) is 5.10 Å². The second kappa shape index (κ2) is 4.18. The molecule has 1 atom stereocenters. The van der Waals surface area contributed by atoms with Gasteiger partial charge in [-0.1, -0.05) is 6.92 Å². The highest BCUT2D eigenvalue weighted by Crippen LogP contribution is 2.08. The molecule has 1 aromatic rings. The molecule has 0 radical (unpaired) electrons. The summed E-state index contributed by atoms with van der Waals surface area (Å²) >= 11 is 0. The van der Waals surface area contributed by atoms with Crippen LogP contribution in [0.5, 0.6) is 0 Å². The third-order valence-electron chi connectivity index (χ3n) is 2.01. The van der Waals surface area contributed by atoms with Crippen molar-refractivity contribution >= 4 is 5.78 Å². The first-order valence-corrected chi connectivity index (χ1v) is 4.39. The van der Waals surface area contributed by atoms with E-state index in [1.807, 2.05) is 6.92 Å². The number of carbonyl (C=O) groups is 1. The van der Waals surface area contributed by atoms with Crippen LogP contribution in [0, 0.1) is 5.92 Å². The first kappa shape index (κ1) is 9.92. The van der Waals surface area contributed by atoms with Crippen molar-refractivity contribution in [2.75, 3.05) is 6.54 Å². The molecule has 0 saturated carbocycles. The van der Waals surface area contributed by atoms with Crippen molar-refractivity contribution in [1.29, 1.82) is 0 Å². The maximum Gasteiger partial charge on any atom is 0.185 e. The normalized spacial score (nSPS) is 12.8. The van der Waals surface area contributed by atoms with Gasteiger partial charge < -0.3 is 5.73 Å². The van der Waals surface area contributed by atoms with E-state index in [0.29, 0.717) is 12.2 Å². The largest absolute Gasteiger partial charge is 0.330 e. The van der Waals surface area contributed by atoms with Crippen molar-refractivity contribution in [3.05, 3.63) is 18.0 Å². The Labute approximate surface area is 77.7 Å². The van der Waals surface area contributed by atoms with Gasteiger partial charge in [-0.15, -0.1) is 0 Å². The highest BCUT2D eigenvalue weighted by Gasteiger charge is 2.16. The summed E-state index contributed by atoms with van der Waals surface area (Å²) in [6.07, 6.45) is 2.48. The number of aryl methyl sites for hydroxylation is 1. The summed E-state index contributed by atoms with van der Waals surface area (Å²) in [5.41, 5.74) is 5.90. The van der Waals surface area contributed by atoms with E-state index in [-0.39, 0.29) is 11.7 Å². The molecular weight excluding hydrogens is 166 g/mol. The lowest BCUT2D eigenvalue weighted by atomic mass is 10.0. The van der Waals surface area contributed by atoms with E-state index in [1.165, 1.54) is 0 Å². The lowest BCUT2D eigenvalue weighted by molar-refractivity contribution is 0.0919. The highest BCUT2D eigenvalue weighted by molar-refractivity contribution is 5.95. The minimum Gasteiger partial charge on any atom is -0.330 e. The molecule has 4 heteroatoms. The number of ketones is 1. The average molecular weight is 181 g/mol. The summed E-state index contributed by atoms with van der Waals surface area (Å²) in [7, 11) is 1.80. The molecule has 72 valence electrons. The van der Waals surface area contributed by atoms with E-state index in [1.54, 1.807) is 24.0 Å². The van der Waals surface area contributed by atoms with Gasteiger partial charge in [0.15, 0.2) is 5.78 Å². The Morgan fingerprint density at radius 2 is 2.46 bits per heavy atom. The maximum atomic E-state index is 11.6. The number of nitrogens with two attached hydrogens (primary N) is 1. The van der Waals surface area contributed by atoms with E-state index in [2.05, 4.69) is 5.10 Å². The lowest BCUT2D eigenvalue weighted by Crippen LogP contribution is -2.16. The zero-order valence-corrected chi connectivity index (χ0v) is 8.03. The fourth-order valence-electron chi connectivity index (χ4n) is 1.18. The van der Waals surface area contributed by atoms with Gasteiger partial charge in [0.25, 0.3) is 0 Å². The predicted molar refractivity (Wildman–Crippen MR) is 50.4 cm³/mol. The second-order valence-corrected chi connectivity index (χ2v) is 3.22. The van der Waals surface area contributed by atoms with E-state index in [9.17, 15) is 4.79 Å². The molecule has 0 aromatic carbocycles. The van der Waals surface area contributed by atoms with E-state index in [4.69, 9.17) is 5.73 Å². The van der Waals surface area contributed by atoms with Crippen LogP contribution in [0.3, 0.4) is 0 Å². The Bertz CT molecular complexity index is 293. The van der Waals surface area contributed by atoms with Crippen LogP contribution in [0.25, 0.3) is 0 Å². The molecule has 0 fully saturated rings. The fraction of sp³-hybridized carbons (Fsp3) is 0.556. The quantitative estimate of drug-likeness (QED) is 0.691. The number of aromatic nitrogens is 2. The molecule has 1 rings (SSSR count). The molecule has 0 saturated heterocycles. The lowest BCUT2D eigenvalue weighted by Gasteiger charge is -2.05. The standard InChI is InChI=1S/C9H15N3O/c1-7(3-5-10)9(13)8-4-6-12(2)11-8/h4,6-7H,3,5,10H2,1-2H3. The van der Waals surface area contributed by atoms with Crippen molar-refractivity contribution in [3.63, 3.8) is 0 Å². The molecule has 1 heterocycles. The molecule has 0 spiro atoms. The average Bonchev–Trinajstić information content (AvgIpc) is 2.51. The predicted octanol–water partition coefficient (Wildman–Crippen LogP) is 0.588. The topological polar surface area (TPSA) is 60.9 Å². The Morgan fingerprint density at radius 3 is 2.92 bits per heavy atom. The van der Waals surface area contributed by atoms with Gasteiger partial charge >= 0.3 is 0 Å². The van der Waals surface area contributed by atoms with E-state index >= 15 is 0 Å². The van der Waals surface area contributed by atoms with Crippen LogP contribution in [0.1, 0.15) is 23.8 Å². The second-order valence-electron chi connectivity index (χ2n) is 3.22. The van der Waals surface area contributed by atoms with Crippen molar-refractivity contribution in [3.8, 4) is 0 Å². The summed E-state index contributed by atoms with van der Waals surface area (Å²) in [4.78, 5) is 11.6. The highest BCUT2D eigenvalue weighted by atomic mass is 16.1. The summed E-state index contributed by atoms with van der Waals surface area (Å²) in [5.74, 6) is 0.0472. The van der Waals surface area contributed by atoms with Gasteiger partial charge in [-0.25, -0.2) is 0 Å². The van der Waals surface area contributed by atoms with Crippen molar-refractivity contribution in [1.82, 2.24) is 9.78 Å². The Kier molecular flexibility index (Phi) is 3.19. The molecule has 0 bridgehead atoms. The number of hydrogen-bond acceptors (Lipinski definition) is 3. The van der Waals surface area contributed by atoms with Crippen molar-refractivity contribution in [2.45, 2.75) is 13.3 Å². The van der Waals surface area contributed by atoms with Crippen LogP contribution >= 0.6 is 0 Å². The van der Waals surface area contributed by atoms with Crippen LogP contribution < -0.4 is 5.73 Å².